The predicted octanol–water partition coefficient (Wildman–Crippen LogP) is 5.06. The van der Waals surface area contributed by atoms with Gasteiger partial charge in [-0.3, -0.25) is 19.5 Å². The van der Waals surface area contributed by atoms with Gasteiger partial charge in [-0.25, -0.2) is 4.98 Å². The van der Waals surface area contributed by atoms with Crippen molar-refractivity contribution >= 4 is 52.4 Å². The minimum Gasteiger partial charge on any atom is -0.457 e. The Balaban J connectivity index is 1.29. The number of nitrogens with one attached hydrogen (secondary N) is 4. The lowest BCUT2D eigenvalue weighted by Gasteiger charge is -2.26. The molecule has 0 aliphatic carbocycles. The number of thioether (sulfide) groups is 1. The van der Waals surface area contributed by atoms with Gasteiger partial charge in [0.2, 0.25) is 11.9 Å². The van der Waals surface area contributed by atoms with Crippen molar-refractivity contribution in [3.8, 4) is 11.5 Å². The molecule has 0 saturated carbocycles. The van der Waals surface area contributed by atoms with Crippen LogP contribution in [0.3, 0.4) is 0 Å². The molecule has 0 radical (unpaired) electrons. The maximum atomic E-state index is 11.9. The molecule has 4 aromatic rings. The summed E-state index contributed by atoms with van der Waals surface area (Å²) < 4.78 is 11.4. The third-order valence-electron chi connectivity index (χ3n) is 6.64. The van der Waals surface area contributed by atoms with Gasteiger partial charge in [-0.05, 0) is 54.6 Å². The van der Waals surface area contributed by atoms with E-state index in [2.05, 4.69) is 42.7 Å². The van der Waals surface area contributed by atoms with E-state index in [9.17, 15) is 9.59 Å². The molecule has 5 rings (SSSR count). The highest BCUT2D eigenvalue weighted by Gasteiger charge is 2.14. The van der Waals surface area contributed by atoms with Crippen molar-refractivity contribution in [1.29, 1.82) is 0 Å². The molecule has 0 bridgehead atoms. The van der Waals surface area contributed by atoms with Crippen LogP contribution in [0.4, 0.5) is 28.8 Å². The Kier molecular flexibility index (Phi) is 10.9. The van der Waals surface area contributed by atoms with Crippen LogP contribution in [0.25, 0.3) is 0 Å². The summed E-state index contributed by atoms with van der Waals surface area (Å²) >= 11 is 1.67. The summed E-state index contributed by atoms with van der Waals surface area (Å²) in [6.45, 7) is 7.82. The molecule has 1 aliphatic heterocycles. The van der Waals surface area contributed by atoms with Crippen molar-refractivity contribution in [3.05, 3.63) is 91.4 Å². The molecule has 1 aliphatic rings. The Morgan fingerprint density at radius 3 is 2.58 bits per heavy atom. The summed E-state index contributed by atoms with van der Waals surface area (Å²) in [6.07, 6.45) is 4.56. The highest BCUT2D eigenvalue weighted by Crippen LogP contribution is 2.31. The van der Waals surface area contributed by atoms with E-state index >= 15 is 0 Å². The number of carbonyl (C=O) groups excluding carboxylic acids is 2. The van der Waals surface area contributed by atoms with E-state index in [1.165, 1.54) is 12.3 Å². The summed E-state index contributed by atoms with van der Waals surface area (Å²) in [7, 11) is 1.55. The number of hydrogen-bond acceptors (Lipinski definition) is 11. The van der Waals surface area contributed by atoms with Crippen LogP contribution in [0.5, 0.6) is 11.5 Å². The SMILES string of the molecule is C=CC(=O)Nc1cccc(Nc2nc(Nc3ccc(Oc4ccnc(C(=O)NC)c4)cc3)ncc2SCCN2CCOCC2)c1. The molecule has 2 aromatic carbocycles. The van der Waals surface area contributed by atoms with E-state index in [-0.39, 0.29) is 17.5 Å². The molecule has 3 heterocycles. The number of pyridine rings is 1. The zero-order valence-corrected chi connectivity index (χ0v) is 25.6. The monoisotopic (exact) mass is 626 g/mol. The first kappa shape index (κ1) is 31.4. The van der Waals surface area contributed by atoms with Gasteiger partial charge < -0.3 is 30.7 Å². The van der Waals surface area contributed by atoms with Gasteiger partial charge in [0.1, 0.15) is 23.0 Å². The second kappa shape index (κ2) is 15.7. The molecular formula is C32H34N8O4S. The van der Waals surface area contributed by atoms with Crippen molar-refractivity contribution in [2.45, 2.75) is 4.90 Å². The molecule has 0 spiro atoms. The van der Waals surface area contributed by atoms with Gasteiger partial charge in [-0.1, -0.05) is 12.6 Å². The van der Waals surface area contributed by atoms with Crippen LogP contribution in [0.1, 0.15) is 10.5 Å². The molecule has 1 saturated heterocycles. The lowest BCUT2D eigenvalue weighted by molar-refractivity contribution is -0.111. The Hall–Kier alpha value is -4.98. The van der Waals surface area contributed by atoms with Crippen molar-refractivity contribution in [2.75, 3.05) is 61.6 Å². The van der Waals surface area contributed by atoms with Gasteiger partial charge in [0.25, 0.3) is 5.91 Å². The molecule has 45 heavy (non-hydrogen) atoms. The Labute approximate surface area is 265 Å². The lowest BCUT2D eigenvalue weighted by atomic mass is 10.2. The molecule has 0 atom stereocenters. The van der Waals surface area contributed by atoms with Gasteiger partial charge in [-0.2, -0.15) is 4.98 Å². The lowest BCUT2D eigenvalue weighted by Crippen LogP contribution is -2.37. The van der Waals surface area contributed by atoms with E-state index in [0.717, 1.165) is 54.9 Å². The van der Waals surface area contributed by atoms with Crippen LogP contribution in [0.15, 0.2) is 90.6 Å². The molecule has 232 valence electrons. The Morgan fingerprint density at radius 2 is 1.80 bits per heavy atom. The number of aromatic nitrogens is 3. The molecule has 2 aromatic heterocycles. The number of benzene rings is 2. The summed E-state index contributed by atoms with van der Waals surface area (Å²) in [5.74, 6) is 2.42. The number of amides is 2. The molecule has 4 N–H and O–H groups in total. The van der Waals surface area contributed by atoms with Gasteiger partial charge in [0.05, 0.1) is 18.1 Å². The van der Waals surface area contributed by atoms with Gasteiger partial charge in [0.15, 0.2) is 0 Å². The third-order valence-corrected chi connectivity index (χ3v) is 7.64. The predicted molar refractivity (Wildman–Crippen MR) is 176 cm³/mol. The smallest absolute Gasteiger partial charge is 0.269 e. The molecule has 1 fully saturated rings. The summed E-state index contributed by atoms with van der Waals surface area (Å²) in [5.41, 5.74) is 2.42. The van der Waals surface area contributed by atoms with Crippen LogP contribution in [-0.2, 0) is 9.53 Å². The fraction of sp³-hybridized carbons (Fsp3) is 0.219. The minimum absolute atomic E-state index is 0.269. The zero-order chi connectivity index (χ0) is 31.4. The highest BCUT2D eigenvalue weighted by molar-refractivity contribution is 7.99. The first-order valence-corrected chi connectivity index (χ1v) is 15.3. The number of rotatable bonds is 13. The van der Waals surface area contributed by atoms with Crippen LogP contribution in [-0.4, -0.2) is 77.3 Å². The summed E-state index contributed by atoms with van der Waals surface area (Å²) in [4.78, 5) is 40.4. The van der Waals surface area contributed by atoms with Crippen molar-refractivity contribution < 1.29 is 19.1 Å². The molecule has 0 unspecified atom stereocenters. The number of hydrogen-bond donors (Lipinski definition) is 4. The van der Waals surface area contributed by atoms with Gasteiger partial charge in [0, 0.05) is 68.0 Å². The van der Waals surface area contributed by atoms with Gasteiger partial charge >= 0.3 is 0 Å². The van der Waals surface area contributed by atoms with Crippen LogP contribution in [0.2, 0.25) is 0 Å². The van der Waals surface area contributed by atoms with Gasteiger partial charge in [-0.15, -0.1) is 11.8 Å². The van der Waals surface area contributed by atoms with Crippen molar-refractivity contribution in [3.63, 3.8) is 0 Å². The third kappa shape index (κ3) is 9.25. The Morgan fingerprint density at radius 1 is 1.00 bits per heavy atom. The fourth-order valence-corrected chi connectivity index (χ4v) is 5.27. The molecule has 12 nitrogen and oxygen atoms in total. The highest BCUT2D eigenvalue weighted by atomic mass is 32.2. The summed E-state index contributed by atoms with van der Waals surface area (Å²) in [6, 6.07) is 18.0. The first-order chi connectivity index (χ1) is 22.0. The molecule has 2 amide bonds. The normalized spacial score (nSPS) is 13.0. The van der Waals surface area contributed by atoms with E-state index in [4.69, 9.17) is 14.5 Å². The van der Waals surface area contributed by atoms with Crippen molar-refractivity contribution in [1.82, 2.24) is 25.2 Å². The number of anilines is 5. The summed E-state index contributed by atoms with van der Waals surface area (Å²) in [5, 5.41) is 12.0. The minimum atomic E-state index is -0.289. The second-order valence-corrected chi connectivity index (χ2v) is 11.0. The average Bonchev–Trinajstić information content (AvgIpc) is 3.07. The van der Waals surface area contributed by atoms with E-state index in [0.29, 0.717) is 29.0 Å². The maximum Gasteiger partial charge on any atom is 0.269 e. The quantitative estimate of drug-likeness (QED) is 0.117. The van der Waals surface area contributed by atoms with Crippen LogP contribution in [0, 0.1) is 0 Å². The Bertz CT molecular complexity index is 1630. The van der Waals surface area contributed by atoms with E-state index in [1.807, 2.05) is 30.3 Å². The molecular weight excluding hydrogens is 592 g/mol. The number of carbonyl (C=O) groups is 2. The average molecular weight is 627 g/mol. The second-order valence-electron chi connectivity index (χ2n) is 9.82. The van der Waals surface area contributed by atoms with Crippen LogP contribution >= 0.6 is 11.8 Å². The maximum absolute atomic E-state index is 11.9. The zero-order valence-electron chi connectivity index (χ0n) is 24.8. The van der Waals surface area contributed by atoms with Crippen molar-refractivity contribution in [2.24, 2.45) is 0 Å². The number of ether oxygens (including phenoxy) is 2. The largest absolute Gasteiger partial charge is 0.457 e. The standard InChI is InChI=1S/C32H34N8O4S/c1-3-29(41)36-23-5-4-6-24(19-23)37-30-28(45-18-15-40-13-16-43-17-14-40)21-35-32(39-30)38-22-7-9-25(10-8-22)44-26-11-12-34-27(20-26)31(42)33-2/h3-12,19-21H,1,13-18H2,2H3,(H,33,42)(H,36,41)(H2,35,37,38,39). The fourth-order valence-electron chi connectivity index (χ4n) is 4.34. The van der Waals surface area contributed by atoms with E-state index < -0.39 is 0 Å². The number of nitrogens with zero attached hydrogens (tertiary/aromatic N) is 4. The first-order valence-electron chi connectivity index (χ1n) is 14.3. The van der Waals surface area contributed by atoms with E-state index in [1.54, 1.807) is 55.3 Å². The number of morpholine rings is 1. The topological polar surface area (TPSA) is 143 Å². The molecule has 13 heteroatoms. The van der Waals surface area contributed by atoms with Crippen LogP contribution < -0.4 is 26.0 Å².